The Hall–Kier alpha value is -2.86. The van der Waals surface area contributed by atoms with E-state index in [1.165, 1.54) is 5.39 Å². The molecular formula is C17H12N2O. The topological polar surface area (TPSA) is 45.9 Å². The Balaban J connectivity index is 1.82. The van der Waals surface area contributed by atoms with Crippen molar-refractivity contribution >= 4 is 10.8 Å². The predicted octanol–water partition coefficient (Wildman–Crippen LogP) is 3.69. The van der Waals surface area contributed by atoms with E-state index in [4.69, 9.17) is 10.00 Å². The van der Waals surface area contributed by atoms with Crippen molar-refractivity contribution < 1.29 is 4.74 Å². The number of pyridine rings is 1. The van der Waals surface area contributed by atoms with Crippen LogP contribution in [0.25, 0.3) is 10.8 Å². The van der Waals surface area contributed by atoms with Crippen LogP contribution in [0.4, 0.5) is 0 Å². The summed E-state index contributed by atoms with van der Waals surface area (Å²) in [5.74, 6) is 0.788. The van der Waals surface area contributed by atoms with Crippen LogP contribution in [0.1, 0.15) is 11.3 Å². The maximum absolute atomic E-state index is 8.99. The summed E-state index contributed by atoms with van der Waals surface area (Å²) in [6.45, 7) is 0.342. The molecule has 0 radical (unpaired) electrons. The first-order valence-electron chi connectivity index (χ1n) is 6.32. The average molecular weight is 260 g/mol. The predicted molar refractivity (Wildman–Crippen MR) is 77.2 cm³/mol. The molecule has 0 aliphatic heterocycles. The summed E-state index contributed by atoms with van der Waals surface area (Å²) in [6.07, 6.45) is 1.61. The first-order chi connectivity index (χ1) is 9.86. The van der Waals surface area contributed by atoms with Crippen molar-refractivity contribution in [2.45, 2.75) is 6.61 Å². The van der Waals surface area contributed by atoms with E-state index in [1.807, 2.05) is 42.5 Å². The second-order valence-electron chi connectivity index (χ2n) is 4.42. The van der Waals surface area contributed by atoms with Crippen LogP contribution in [-0.2, 0) is 6.61 Å². The van der Waals surface area contributed by atoms with Crippen LogP contribution in [-0.4, -0.2) is 4.98 Å². The number of nitrogens with zero attached hydrogens (tertiary/aromatic N) is 2. The normalized spacial score (nSPS) is 10.2. The zero-order chi connectivity index (χ0) is 13.8. The quantitative estimate of drug-likeness (QED) is 0.721. The van der Waals surface area contributed by atoms with Gasteiger partial charge in [-0.3, -0.25) is 0 Å². The molecule has 0 saturated carbocycles. The number of ether oxygens (including phenoxy) is 1. The van der Waals surface area contributed by atoms with Gasteiger partial charge in [0.1, 0.15) is 24.1 Å². The number of aromatic nitrogens is 1. The molecule has 20 heavy (non-hydrogen) atoms. The highest BCUT2D eigenvalue weighted by atomic mass is 16.5. The van der Waals surface area contributed by atoms with E-state index in [1.54, 1.807) is 12.3 Å². The van der Waals surface area contributed by atoms with Gasteiger partial charge in [-0.25, -0.2) is 4.98 Å². The smallest absolute Gasteiger partial charge is 0.147 e. The lowest BCUT2D eigenvalue weighted by molar-refractivity contribution is 0.306. The van der Waals surface area contributed by atoms with E-state index in [0.717, 1.165) is 16.7 Å². The van der Waals surface area contributed by atoms with Gasteiger partial charge in [-0.2, -0.15) is 5.26 Å². The largest absolute Gasteiger partial charge is 0.489 e. The fourth-order valence-electron chi connectivity index (χ4n) is 2.07. The third-order valence-corrected chi connectivity index (χ3v) is 3.11. The fourth-order valence-corrected chi connectivity index (χ4v) is 2.07. The standard InChI is InChI=1S/C17H12N2O/c18-11-17-15(6-3-9-19-17)12-20-16-8-7-13-4-1-2-5-14(13)10-16/h1-10H,12H2. The second-order valence-corrected chi connectivity index (χ2v) is 4.42. The van der Waals surface area contributed by atoms with Crippen molar-refractivity contribution in [3.8, 4) is 11.8 Å². The van der Waals surface area contributed by atoms with Crippen LogP contribution in [0.5, 0.6) is 5.75 Å². The summed E-state index contributed by atoms with van der Waals surface area (Å²) in [4.78, 5) is 4.02. The summed E-state index contributed by atoms with van der Waals surface area (Å²) in [5.41, 5.74) is 1.21. The Bertz CT molecular complexity index is 790. The van der Waals surface area contributed by atoms with Gasteiger partial charge in [0.05, 0.1) is 0 Å². The molecule has 3 nitrogen and oxygen atoms in total. The van der Waals surface area contributed by atoms with Crippen molar-refractivity contribution in [2.75, 3.05) is 0 Å². The molecule has 0 saturated heterocycles. The van der Waals surface area contributed by atoms with Gasteiger partial charge in [-0.05, 0) is 29.0 Å². The third-order valence-electron chi connectivity index (χ3n) is 3.11. The maximum atomic E-state index is 8.99. The van der Waals surface area contributed by atoms with Crippen molar-refractivity contribution in [1.29, 1.82) is 5.26 Å². The first-order valence-corrected chi connectivity index (χ1v) is 6.32. The van der Waals surface area contributed by atoms with Crippen molar-refractivity contribution in [1.82, 2.24) is 4.98 Å². The minimum absolute atomic E-state index is 0.342. The number of hydrogen-bond acceptors (Lipinski definition) is 3. The highest BCUT2D eigenvalue weighted by Crippen LogP contribution is 2.21. The Morgan fingerprint density at radius 1 is 1.00 bits per heavy atom. The van der Waals surface area contributed by atoms with Gasteiger partial charge in [0.25, 0.3) is 0 Å². The molecule has 0 unspecified atom stereocenters. The summed E-state index contributed by atoms with van der Waals surface area (Å²) in [5, 5.41) is 11.3. The van der Waals surface area contributed by atoms with E-state index in [-0.39, 0.29) is 0 Å². The van der Waals surface area contributed by atoms with Crippen LogP contribution < -0.4 is 4.74 Å². The summed E-state index contributed by atoms with van der Waals surface area (Å²) < 4.78 is 5.75. The third kappa shape index (κ3) is 2.45. The number of benzene rings is 2. The number of nitriles is 1. The second kappa shape index (κ2) is 5.41. The van der Waals surface area contributed by atoms with Crippen LogP contribution in [0.3, 0.4) is 0 Å². The van der Waals surface area contributed by atoms with E-state index >= 15 is 0 Å². The zero-order valence-electron chi connectivity index (χ0n) is 10.8. The Morgan fingerprint density at radius 3 is 2.70 bits per heavy atom. The SMILES string of the molecule is N#Cc1ncccc1COc1ccc2ccccc2c1. The van der Waals surface area contributed by atoms with Crippen molar-refractivity contribution in [3.63, 3.8) is 0 Å². The molecule has 3 aromatic rings. The summed E-state index contributed by atoms with van der Waals surface area (Å²) in [7, 11) is 0. The lowest BCUT2D eigenvalue weighted by Crippen LogP contribution is -1.99. The molecule has 0 atom stereocenters. The molecule has 0 spiro atoms. The molecular weight excluding hydrogens is 248 g/mol. The molecule has 96 valence electrons. The molecule has 0 bridgehead atoms. The van der Waals surface area contributed by atoms with Crippen LogP contribution >= 0.6 is 0 Å². The van der Waals surface area contributed by atoms with Crippen molar-refractivity contribution in [2.24, 2.45) is 0 Å². The molecule has 1 aromatic heterocycles. The molecule has 0 N–H and O–H groups in total. The number of rotatable bonds is 3. The molecule has 0 aliphatic rings. The highest BCUT2D eigenvalue weighted by molar-refractivity contribution is 5.83. The van der Waals surface area contributed by atoms with Gasteiger partial charge in [0, 0.05) is 11.8 Å². The van der Waals surface area contributed by atoms with Gasteiger partial charge < -0.3 is 4.74 Å². The first kappa shape index (κ1) is 12.2. The number of hydrogen-bond donors (Lipinski definition) is 0. The van der Waals surface area contributed by atoms with E-state index in [9.17, 15) is 0 Å². The molecule has 1 heterocycles. The average Bonchev–Trinajstić information content (AvgIpc) is 2.53. The number of fused-ring (bicyclic) bond motifs is 1. The van der Waals surface area contributed by atoms with Crippen LogP contribution in [0.15, 0.2) is 60.8 Å². The highest BCUT2D eigenvalue weighted by Gasteiger charge is 2.03. The molecule has 3 heteroatoms. The van der Waals surface area contributed by atoms with Gasteiger partial charge in [0.15, 0.2) is 0 Å². The van der Waals surface area contributed by atoms with E-state index in [0.29, 0.717) is 12.3 Å². The van der Waals surface area contributed by atoms with Gasteiger partial charge in [-0.1, -0.05) is 36.4 Å². The molecule has 0 amide bonds. The monoisotopic (exact) mass is 260 g/mol. The van der Waals surface area contributed by atoms with Crippen LogP contribution in [0.2, 0.25) is 0 Å². The summed E-state index contributed by atoms with van der Waals surface area (Å²) >= 11 is 0. The van der Waals surface area contributed by atoms with Crippen LogP contribution in [0, 0.1) is 11.3 Å². The Labute approximate surface area is 117 Å². The minimum atomic E-state index is 0.342. The minimum Gasteiger partial charge on any atom is -0.489 e. The van der Waals surface area contributed by atoms with E-state index in [2.05, 4.69) is 17.1 Å². The molecule has 2 aromatic carbocycles. The lowest BCUT2D eigenvalue weighted by Gasteiger charge is -2.08. The fraction of sp³-hybridized carbons (Fsp3) is 0.0588. The zero-order valence-corrected chi connectivity index (χ0v) is 10.8. The maximum Gasteiger partial charge on any atom is 0.147 e. The Kier molecular flexibility index (Phi) is 3.30. The van der Waals surface area contributed by atoms with Crippen molar-refractivity contribution in [3.05, 3.63) is 72.1 Å². The molecule has 0 aliphatic carbocycles. The summed E-state index contributed by atoms with van der Waals surface area (Å²) in [6, 6.07) is 19.8. The Morgan fingerprint density at radius 2 is 1.85 bits per heavy atom. The molecule has 3 rings (SSSR count). The van der Waals surface area contributed by atoms with Gasteiger partial charge in [-0.15, -0.1) is 0 Å². The van der Waals surface area contributed by atoms with Gasteiger partial charge >= 0.3 is 0 Å². The molecule has 0 fully saturated rings. The lowest BCUT2D eigenvalue weighted by atomic mass is 10.1. The van der Waals surface area contributed by atoms with Gasteiger partial charge in [0.2, 0.25) is 0 Å². The van der Waals surface area contributed by atoms with E-state index < -0.39 is 0 Å².